The second kappa shape index (κ2) is 8.85. The molecule has 2 aliphatic rings. The number of carbonyl (C=O) groups is 2. The molecule has 4 atom stereocenters. The first kappa shape index (κ1) is 23.7. The first-order valence-electron chi connectivity index (χ1n) is 11.5. The third kappa shape index (κ3) is 3.47. The summed E-state index contributed by atoms with van der Waals surface area (Å²) in [5, 5.41) is 11.1. The maximum absolute atomic E-state index is 14.3. The van der Waals surface area contributed by atoms with E-state index in [0.717, 1.165) is 16.8 Å². The van der Waals surface area contributed by atoms with Crippen molar-refractivity contribution in [2.75, 3.05) is 12.0 Å². The SMILES string of the molecule is COc1cccc(C(=O)[C@@H]2[C@@H](c3ccc(Cl)cc3)[C@](C#N)(C(N)=O)[C@H]3C=Cc4cc(C)ccc4N23)c1. The van der Waals surface area contributed by atoms with E-state index in [9.17, 15) is 14.9 Å². The molecule has 2 N–H and O–H groups in total. The van der Waals surface area contributed by atoms with Crippen LogP contribution in [-0.4, -0.2) is 30.9 Å². The van der Waals surface area contributed by atoms with Crippen LogP contribution in [-0.2, 0) is 4.79 Å². The molecule has 36 heavy (non-hydrogen) atoms. The molecule has 0 radical (unpaired) electrons. The minimum Gasteiger partial charge on any atom is -0.497 e. The molecule has 0 bridgehead atoms. The van der Waals surface area contributed by atoms with Crippen LogP contribution in [0, 0.1) is 23.7 Å². The number of Topliss-reactive ketones (excluding diaryl/α,β-unsaturated/α-hetero) is 1. The summed E-state index contributed by atoms with van der Waals surface area (Å²) >= 11 is 6.16. The molecule has 2 heterocycles. The smallest absolute Gasteiger partial charge is 0.241 e. The van der Waals surface area contributed by atoms with Gasteiger partial charge in [-0.1, -0.05) is 59.6 Å². The summed E-state index contributed by atoms with van der Waals surface area (Å²) in [5.74, 6) is -1.33. The number of nitrogens with two attached hydrogens (primary N) is 1. The maximum Gasteiger partial charge on any atom is 0.241 e. The third-order valence-electron chi connectivity index (χ3n) is 7.24. The Labute approximate surface area is 214 Å². The van der Waals surface area contributed by atoms with E-state index in [1.54, 1.807) is 48.5 Å². The van der Waals surface area contributed by atoms with Crippen molar-refractivity contribution in [3.05, 3.63) is 100 Å². The van der Waals surface area contributed by atoms with E-state index in [-0.39, 0.29) is 5.78 Å². The van der Waals surface area contributed by atoms with Crippen LogP contribution in [0.5, 0.6) is 5.75 Å². The Bertz CT molecular complexity index is 1440. The lowest BCUT2D eigenvalue weighted by atomic mass is 9.67. The first-order chi connectivity index (χ1) is 17.3. The highest BCUT2D eigenvalue weighted by molar-refractivity contribution is 6.30. The normalized spacial score (nSPS) is 23.9. The summed E-state index contributed by atoms with van der Waals surface area (Å²) in [6.07, 6.45) is 3.72. The number of ketones is 1. The molecule has 5 rings (SSSR count). The second-order valence-corrected chi connectivity index (χ2v) is 9.63. The van der Waals surface area contributed by atoms with Crippen molar-refractivity contribution in [1.29, 1.82) is 5.26 Å². The Hall–Kier alpha value is -4.08. The molecule has 0 spiro atoms. The molecule has 7 heteroatoms. The van der Waals surface area contributed by atoms with Gasteiger partial charge in [0.25, 0.3) is 0 Å². The fourth-order valence-corrected chi connectivity index (χ4v) is 5.72. The van der Waals surface area contributed by atoms with Crippen molar-refractivity contribution < 1.29 is 14.3 Å². The van der Waals surface area contributed by atoms with Gasteiger partial charge < -0.3 is 15.4 Å². The zero-order valence-electron chi connectivity index (χ0n) is 19.8. The Morgan fingerprint density at radius 3 is 2.53 bits per heavy atom. The van der Waals surface area contributed by atoms with Crippen molar-refractivity contribution in [2.45, 2.75) is 24.9 Å². The number of aryl methyl sites for hydroxylation is 1. The van der Waals surface area contributed by atoms with Gasteiger partial charge in [0.15, 0.2) is 11.2 Å². The number of halogens is 1. The Morgan fingerprint density at radius 2 is 1.86 bits per heavy atom. The summed E-state index contributed by atoms with van der Waals surface area (Å²) in [6, 6.07) is 20.3. The van der Waals surface area contributed by atoms with Gasteiger partial charge >= 0.3 is 0 Å². The summed E-state index contributed by atoms with van der Waals surface area (Å²) in [5.41, 5.74) is 8.10. The number of ether oxygens (including phenoxy) is 1. The fourth-order valence-electron chi connectivity index (χ4n) is 5.60. The Kier molecular flexibility index (Phi) is 5.82. The van der Waals surface area contributed by atoms with Crippen molar-refractivity contribution in [3.8, 4) is 11.8 Å². The summed E-state index contributed by atoms with van der Waals surface area (Å²) in [4.78, 5) is 29.4. The molecule has 0 unspecified atom stereocenters. The van der Waals surface area contributed by atoms with Crippen molar-refractivity contribution in [1.82, 2.24) is 0 Å². The quantitative estimate of drug-likeness (QED) is 0.505. The van der Waals surface area contributed by atoms with Gasteiger partial charge in [0.05, 0.1) is 19.2 Å². The predicted octanol–water partition coefficient (Wildman–Crippen LogP) is 4.90. The first-order valence-corrected chi connectivity index (χ1v) is 11.9. The van der Waals surface area contributed by atoms with Crippen LogP contribution in [0.4, 0.5) is 5.69 Å². The highest BCUT2D eigenvalue weighted by Gasteiger charge is 2.65. The van der Waals surface area contributed by atoms with Gasteiger partial charge in [-0.3, -0.25) is 9.59 Å². The lowest BCUT2D eigenvalue weighted by Gasteiger charge is -2.36. The van der Waals surface area contributed by atoms with Crippen LogP contribution < -0.4 is 15.4 Å². The van der Waals surface area contributed by atoms with Gasteiger partial charge in [-0.25, -0.2) is 0 Å². The molecular weight excluding hydrogens is 474 g/mol. The van der Waals surface area contributed by atoms with Gasteiger partial charge in [-0.05, 0) is 54.4 Å². The maximum atomic E-state index is 14.3. The summed E-state index contributed by atoms with van der Waals surface area (Å²) in [7, 11) is 1.54. The van der Waals surface area contributed by atoms with Gasteiger partial charge in [-0.2, -0.15) is 5.26 Å². The van der Waals surface area contributed by atoms with E-state index in [4.69, 9.17) is 22.1 Å². The van der Waals surface area contributed by atoms with Crippen LogP contribution in [0.3, 0.4) is 0 Å². The second-order valence-electron chi connectivity index (χ2n) is 9.19. The molecule has 1 saturated heterocycles. The third-order valence-corrected chi connectivity index (χ3v) is 7.49. The molecule has 1 amide bonds. The number of primary amides is 1. The van der Waals surface area contributed by atoms with Gasteiger partial charge in [0.1, 0.15) is 11.8 Å². The molecule has 0 saturated carbocycles. The fraction of sp³-hybridized carbons (Fsp3) is 0.207. The lowest BCUT2D eigenvalue weighted by molar-refractivity contribution is -0.125. The zero-order valence-corrected chi connectivity index (χ0v) is 20.6. The molecule has 0 aromatic heterocycles. The van der Waals surface area contributed by atoms with Crippen molar-refractivity contribution >= 4 is 35.1 Å². The lowest BCUT2D eigenvalue weighted by Crippen LogP contribution is -2.49. The standard InChI is InChI=1S/C29H24ClN3O3/c1-17-6-12-23-19(14-17)9-13-24-29(16-31,28(32)35)25(18-7-10-21(30)11-8-18)26(33(23)24)27(34)20-4-3-5-22(15-20)36-2/h3-15,24-26H,1-2H3,(H2,32,35)/t24-,25-,26+,29-/m1/s1. The molecule has 3 aromatic carbocycles. The summed E-state index contributed by atoms with van der Waals surface area (Å²) < 4.78 is 5.35. The van der Waals surface area contributed by atoms with Crippen LogP contribution in [0.15, 0.2) is 72.8 Å². The van der Waals surface area contributed by atoms with Crippen molar-refractivity contribution in [2.24, 2.45) is 11.1 Å². The highest BCUT2D eigenvalue weighted by Crippen LogP contribution is 2.56. The largest absolute Gasteiger partial charge is 0.497 e. The number of hydrogen-bond donors (Lipinski definition) is 1. The average molecular weight is 498 g/mol. The number of fused-ring (bicyclic) bond motifs is 3. The number of nitrogens with zero attached hydrogens (tertiary/aromatic N) is 2. The van der Waals surface area contributed by atoms with E-state index >= 15 is 0 Å². The zero-order chi connectivity index (χ0) is 25.6. The number of carbonyl (C=O) groups excluding carboxylic acids is 2. The minimum absolute atomic E-state index is 0.237. The minimum atomic E-state index is -1.70. The van der Waals surface area contributed by atoms with Gasteiger partial charge in [-0.15, -0.1) is 0 Å². The van der Waals surface area contributed by atoms with Crippen LogP contribution in [0.25, 0.3) is 6.08 Å². The summed E-state index contributed by atoms with van der Waals surface area (Å²) in [6.45, 7) is 1.99. The van der Waals surface area contributed by atoms with Crippen LogP contribution in [0.1, 0.15) is 33.0 Å². The van der Waals surface area contributed by atoms with E-state index in [1.165, 1.54) is 7.11 Å². The van der Waals surface area contributed by atoms with Gasteiger partial charge in [0.2, 0.25) is 5.91 Å². The number of rotatable bonds is 5. The molecular formula is C29H24ClN3O3. The number of nitriles is 1. The molecule has 1 fully saturated rings. The highest BCUT2D eigenvalue weighted by atomic mass is 35.5. The Balaban J connectivity index is 1.80. The molecule has 6 nitrogen and oxygen atoms in total. The Morgan fingerprint density at radius 1 is 1.11 bits per heavy atom. The predicted molar refractivity (Wildman–Crippen MR) is 139 cm³/mol. The van der Waals surface area contributed by atoms with Crippen molar-refractivity contribution in [3.63, 3.8) is 0 Å². The van der Waals surface area contributed by atoms with E-state index < -0.39 is 29.3 Å². The molecule has 180 valence electrons. The monoisotopic (exact) mass is 497 g/mol. The van der Waals surface area contributed by atoms with Crippen LogP contribution >= 0.6 is 11.6 Å². The molecule has 0 aliphatic carbocycles. The molecule has 3 aromatic rings. The number of methoxy groups -OCH3 is 1. The number of anilines is 1. The topological polar surface area (TPSA) is 96.4 Å². The number of benzene rings is 3. The van der Waals surface area contributed by atoms with Crippen LogP contribution in [0.2, 0.25) is 5.02 Å². The van der Waals surface area contributed by atoms with Gasteiger partial charge in [0, 0.05) is 22.2 Å². The molecule has 2 aliphatic heterocycles. The van der Waals surface area contributed by atoms with E-state index in [2.05, 4.69) is 6.07 Å². The van der Waals surface area contributed by atoms with E-state index in [1.807, 2.05) is 42.2 Å². The van der Waals surface area contributed by atoms with E-state index in [0.29, 0.717) is 21.9 Å². The number of hydrogen-bond acceptors (Lipinski definition) is 5. The number of amides is 1. The average Bonchev–Trinajstić information content (AvgIpc) is 3.20.